The van der Waals surface area contributed by atoms with Crippen LogP contribution in [0.3, 0.4) is 0 Å². The molecule has 0 saturated carbocycles. The Hall–Kier alpha value is -2.72. The first kappa shape index (κ1) is 29.5. The van der Waals surface area contributed by atoms with Gasteiger partial charge in [0.2, 0.25) is 5.13 Å². The fourth-order valence-corrected chi connectivity index (χ4v) is 4.10. The third-order valence-electron chi connectivity index (χ3n) is 5.51. The molecule has 200 valence electrons. The number of amides is 2. The molecule has 0 unspecified atom stereocenters. The third kappa shape index (κ3) is 13.4. The predicted octanol–water partition coefficient (Wildman–Crippen LogP) is 6.47. The van der Waals surface area contributed by atoms with E-state index in [4.69, 9.17) is 9.47 Å². The first-order valence-corrected chi connectivity index (χ1v) is 13.9. The van der Waals surface area contributed by atoms with E-state index in [9.17, 15) is 4.79 Å². The monoisotopic (exact) mass is 518 g/mol. The van der Waals surface area contributed by atoms with Crippen LogP contribution in [0, 0.1) is 0 Å². The van der Waals surface area contributed by atoms with E-state index >= 15 is 0 Å². The zero-order chi connectivity index (χ0) is 25.7. The fourth-order valence-electron chi connectivity index (χ4n) is 3.55. The lowest BCUT2D eigenvalue weighted by Gasteiger charge is -2.08. The summed E-state index contributed by atoms with van der Waals surface area (Å²) in [5, 5.41) is 3.29. The number of benzene rings is 1. The lowest BCUT2D eigenvalue weighted by molar-refractivity contribution is 0.127. The smallest absolute Gasteiger partial charge is 0.333 e. The van der Waals surface area contributed by atoms with Crippen molar-refractivity contribution in [1.29, 1.82) is 0 Å². The number of unbranched alkanes of at least 4 members (excludes halogenated alkanes) is 9. The van der Waals surface area contributed by atoms with Crippen molar-refractivity contribution in [3.8, 4) is 11.4 Å². The molecule has 1 aromatic heterocycles. The van der Waals surface area contributed by atoms with Gasteiger partial charge in [-0.15, -0.1) is 0 Å². The summed E-state index contributed by atoms with van der Waals surface area (Å²) in [7, 11) is 1.55. The van der Waals surface area contributed by atoms with Crippen LogP contribution in [-0.2, 0) is 9.47 Å². The van der Waals surface area contributed by atoms with Gasteiger partial charge in [-0.05, 0) is 25.0 Å². The SMILES string of the molecule is CCCCCCCCCCCCOCCCNC(=O)NNc1nc(-c2cccc(N=COC)c2)ns1. The van der Waals surface area contributed by atoms with E-state index in [1.165, 1.54) is 64.2 Å². The number of hydrogen-bond acceptors (Lipinski definition) is 8. The Labute approximate surface area is 219 Å². The predicted molar refractivity (Wildman–Crippen MR) is 148 cm³/mol. The molecule has 0 fully saturated rings. The molecule has 0 radical (unpaired) electrons. The molecule has 0 atom stereocenters. The number of hydrazine groups is 1. The minimum absolute atomic E-state index is 0.322. The number of carbonyl (C=O) groups is 1. The Morgan fingerprint density at radius 3 is 2.50 bits per heavy atom. The van der Waals surface area contributed by atoms with E-state index in [0.29, 0.717) is 24.1 Å². The molecule has 0 saturated heterocycles. The van der Waals surface area contributed by atoms with Crippen LogP contribution in [0.5, 0.6) is 0 Å². The van der Waals surface area contributed by atoms with Crippen molar-refractivity contribution in [2.75, 3.05) is 32.3 Å². The Kier molecular flexibility index (Phi) is 16.0. The van der Waals surface area contributed by atoms with Crippen LogP contribution >= 0.6 is 11.5 Å². The molecule has 10 heteroatoms. The van der Waals surface area contributed by atoms with Gasteiger partial charge < -0.3 is 14.8 Å². The van der Waals surface area contributed by atoms with Gasteiger partial charge in [-0.1, -0.05) is 76.8 Å². The number of anilines is 1. The largest absolute Gasteiger partial charge is 0.486 e. The molecule has 0 aliphatic carbocycles. The first-order valence-electron chi connectivity index (χ1n) is 13.1. The normalized spacial score (nSPS) is 11.1. The number of ether oxygens (including phenoxy) is 2. The molecule has 2 amide bonds. The van der Waals surface area contributed by atoms with Crippen molar-refractivity contribution >= 4 is 34.8 Å². The van der Waals surface area contributed by atoms with Crippen LogP contribution in [0.1, 0.15) is 77.6 Å². The number of aromatic nitrogens is 2. The molecule has 0 bridgehead atoms. The van der Waals surface area contributed by atoms with Crippen molar-refractivity contribution in [3.63, 3.8) is 0 Å². The lowest BCUT2D eigenvalue weighted by Crippen LogP contribution is -2.39. The van der Waals surface area contributed by atoms with E-state index in [1.807, 2.05) is 24.3 Å². The van der Waals surface area contributed by atoms with Gasteiger partial charge in [0.1, 0.15) is 0 Å². The van der Waals surface area contributed by atoms with E-state index in [0.717, 1.165) is 42.2 Å². The van der Waals surface area contributed by atoms with Crippen molar-refractivity contribution < 1.29 is 14.3 Å². The highest BCUT2D eigenvalue weighted by atomic mass is 32.1. The second-order valence-electron chi connectivity index (χ2n) is 8.60. The highest BCUT2D eigenvalue weighted by Crippen LogP contribution is 2.24. The number of hydrogen-bond donors (Lipinski definition) is 3. The van der Waals surface area contributed by atoms with Crippen LogP contribution < -0.4 is 16.2 Å². The Morgan fingerprint density at radius 2 is 1.75 bits per heavy atom. The van der Waals surface area contributed by atoms with Gasteiger partial charge in [0, 0.05) is 36.9 Å². The number of nitrogens with zero attached hydrogens (tertiary/aromatic N) is 3. The zero-order valence-corrected chi connectivity index (χ0v) is 22.6. The van der Waals surface area contributed by atoms with Gasteiger partial charge in [-0.2, -0.15) is 9.36 Å². The maximum Gasteiger partial charge on any atom is 0.333 e. The van der Waals surface area contributed by atoms with Crippen molar-refractivity contribution in [1.82, 2.24) is 20.1 Å². The number of urea groups is 1. The molecule has 3 N–H and O–H groups in total. The molecule has 1 aromatic carbocycles. The average Bonchev–Trinajstić information content (AvgIpc) is 3.38. The number of nitrogens with one attached hydrogen (secondary N) is 3. The molecular formula is C26H42N6O3S. The maximum absolute atomic E-state index is 12.0. The molecule has 1 heterocycles. The summed E-state index contributed by atoms with van der Waals surface area (Å²) in [6, 6.07) is 7.17. The van der Waals surface area contributed by atoms with E-state index in [-0.39, 0.29) is 6.03 Å². The topological polar surface area (TPSA) is 110 Å². The lowest BCUT2D eigenvalue weighted by atomic mass is 10.1. The van der Waals surface area contributed by atoms with Crippen LogP contribution in [0.2, 0.25) is 0 Å². The van der Waals surface area contributed by atoms with Gasteiger partial charge in [0.05, 0.1) is 12.8 Å². The number of methoxy groups -OCH3 is 1. The first-order chi connectivity index (χ1) is 17.7. The number of carbonyl (C=O) groups excluding carboxylic acids is 1. The molecule has 0 aliphatic rings. The van der Waals surface area contributed by atoms with Crippen LogP contribution in [0.25, 0.3) is 11.4 Å². The molecule has 9 nitrogen and oxygen atoms in total. The highest BCUT2D eigenvalue weighted by Gasteiger charge is 2.08. The average molecular weight is 519 g/mol. The molecule has 2 rings (SSSR count). The fraction of sp³-hybridized carbons (Fsp3) is 0.615. The molecule has 0 aliphatic heterocycles. The second kappa shape index (κ2) is 19.5. The van der Waals surface area contributed by atoms with Crippen LogP contribution in [0.15, 0.2) is 29.3 Å². The van der Waals surface area contributed by atoms with Crippen LogP contribution in [0.4, 0.5) is 15.6 Å². The van der Waals surface area contributed by atoms with Crippen LogP contribution in [-0.4, -0.2) is 48.7 Å². The number of rotatable bonds is 20. The zero-order valence-electron chi connectivity index (χ0n) is 21.8. The molecule has 36 heavy (non-hydrogen) atoms. The summed E-state index contributed by atoms with van der Waals surface area (Å²) in [6.45, 7) is 4.25. The van der Waals surface area contributed by atoms with Crippen molar-refractivity contribution in [2.45, 2.75) is 77.6 Å². The van der Waals surface area contributed by atoms with Gasteiger partial charge in [-0.25, -0.2) is 15.2 Å². The summed E-state index contributed by atoms with van der Waals surface area (Å²) < 4.78 is 14.8. The Bertz CT molecular complexity index is 877. The van der Waals surface area contributed by atoms with E-state index in [1.54, 1.807) is 7.11 Å². The minimum Gasteiger partial charge on any atom is -0.486 e. The minimum atomic E-state index is -0.322. The molecule has 0 spiro atoms. The van der Waals surface area contributed by atoms with Gasteiger partial charge in [-0.3, -0.25) is 5.43 Å². The summed E-state index contributed by atoms with van der Waals surface area (Å²) in [5.74, 6) is 0.554. The number of aliphatic imine (C=N–C) groups is 1. The van der Waals surface area contributed by atoms with Gasteiger partial charge in [0.15, 0.2) is 12.2 Å². The quantitative estimate of drug-likeness (QED) is 0.0802. The maximum atomic E-state index is 12.0. The van der Waals surface area contributed by atoms with Gasteiger partial charge in [0.25, 0.3) is 0 Å². The second-order valence-corrected chi connectivity index (χ2v) is 9.35. The van der Waals surface area contributed by atoms with Crippen molar-refractivity contribution in [3.05, 3.63) is 24.3 Å². The van der Waals surface area contributed by atoms with E-state index in [2.05, 4.69) is 37.4 Å². The van der Waals surface area contributed by atoms with Crippen molar-refractivity contribution in [2.24, 2.45) is 4.99 Å². The summed E-state index contributed by atoms with van der Waals surface area (Å²) in [6.07, 6.45) is 15.4. The highest BCUT2D eigenvalue weighted by molar-refractivity contribution is 7.09. The van der Waals surface area contributed by atoms with Gasteiger partial charge >= 0.3 is 6.03 Å². The Balaban J connectivity index is 1.46. The Morgan fingerprint density at radius 1 is 1.03 bits per heavy atom. The summed E-state index contributed by atoms with van der Waals surface area (Å²) in [5.41, 5.74) is 6.93. The van der Waals surface area contributed by atoms with E-state index < -0.39 is 0 Å². The molecule has 2 aromatic rings. The summed E-state index contributed by atoms with van der Waals surface area (Å²) in [4.78, 5) is 20.5. The summed E-state index contributed by atoms with van der Waals surface area (Å²) >= 11 is 1.16. The molecular weight excluding hydrogens is 476 g/mol. The standard InChI is InChI=1S/C26H42N6O3S/c1-3-4-5-6-7-8-9-10-11-12-18-35-19-14-17-27-25(33)30-31-26-29-24(32-36-26)22-15-13-16-23(20-22)28-21-34-2/h13,15-16,20-21H,3-12,14,17-19H2,1-2H3,(H2,27,30,33)(H,29,31,32). The third-order valence-corrected chi connectivity index (χ3v) is 6.14.